The lowest BCUT2D eigenvalue weighted by atomic mass is 9.57. The first-order chi connectivity index (χ1) is 17.1. The summed E-state index contributed by atoms with van der Waals surface area (Å²) >= 11 is 0. The molecule has 12 heteroatoms. The van der Waals surface area contributed by atoms with Crippen molar-refractivity contribution in [3.63, 3.8) is 0 Å². The summed E-state index contributed by atoms with van der Waals surface area (Å²) in [6, 6.07) is 0.352. The van der Waals surface area contributed by atoms with Crippen molar-refractivity contribution in [2.24, 2.45) is 11.8 Å². The van der Waals surface area contributed by atoms with Crippen LogP contribution in [0.5, 0.6) is 5.75 Å². The minimum atomic E-state index is -2.75. The van der Waals surface area contributed by atoms with Gasteiger partial charge < -0.3 is 31.1 Å². The van der Waals surface area contributed by atoms with E-state index in [0.29, 0.717) is 11.3 Å². The molecule has 1 aromatic rings. The fraction of sp³-hybridized carbons (Fsp3) is 0.440. The lowest BCUT2D eigenvalue weighted by molar-refractivity contribution is -0.153. The third-order valence-corrected chi connectivity index (χ3v) is 7.48. The summed E-state index contributed by atoms with van der Waals surface area (Å²) < 4.78 is 0. The van der Waals surface area contributed by atoms with Crippen LogP contribution in [0.4, 0.5) is 11.4 Å². The predicted molar refractivity (Wildman–Crippen MR) is 133 cm³/mol. The van der Waals surface area contributed by atoms with Gasteiger partial charge in [-0.05, 0) is 44.5 Å². The third-order valence-electron chi connectivity index (χ3n) is 7.48. The number of phenols is 1. The van der Waals surface area contributed by atoms with E-state index in [1.807, 2.05) is 5.32 Å². The van der Waals surface area contributed by atoms with Crippen LogP contribution in [0.15, 0.2) is 23.0 Å². The Kier molecular flexibility index (Phi) is 6.08. The zero-order valence-electron chi connectivity index (χ0n) is 21.1. The van der Waals surface area contributed by atoms with E-state index >= 15 is 0 Å². The number of Topliss-reactive ketones (excluding diaryl/α,β-unsaturated/α-hetero) is 2. The Morgan fingerprint density at radius 1 is 1.14 bits per heavy atom. The average Bonchev–Trinajstić information content (AvgIpc) is 2.77. The number of likely N-dealkylation sites (N-methyl/N-ethyl adjacent to an activating group) is 1. The van der Waals surface area contributed by atoms with Crippen molar-refractivity contribution in [3.05, 3.63) is 34.1 Å². The summed E-state index contributed by atoms with van der Waals surface area (Å²) in [6.07, 6.45) is 0.157. The second-order valence-electron chi connectivity index (χ2n) is 10.2. The molecule has 2 amide bonds. The number of imide groups is 1. The lowest BCUT2D eigenvalue weighted by Crippen LogP contribution is -2.66. The molecule has 0 aromatic heterocycles. The van der Waals surface area contributed by atoms with Crippen LogP contribution in [0.1, 0.15) is 24.5 Å². The molecule has 1 saturated carbocycles. The highest BCUT2D eigenvalue weighted by Gasteiger charge is 2.64. The Balaban J connectivity index is 1.99. The van der Waals surface area contributed by atoms with Gasteiger partial charge in [-0.1, -0.05) is 0 Å². The minimum Gasteiger partial charge on any atom is -0.508 e. The summed E-state index contributed by atoms with van der Waals surface area (Å²) in [6.45, 7) is 1.03. The van der Waals surface area contributed by atoms with E-state index in [1.54, 1.807) is 25.1 Å². The van der Waals surface area contributed by atoms with Crippen molar-refractivity contribution in [2.45, 2.75) is 31.4 Å². The second kappa shape index (κ2) is 8.60. The number of nitrogens with zero attached hydrogens (tertiary/aromatic N) is 2. The van der Waals surface area contributed by atoms with Gasteiger partial charge in [0, 0.05) is 38.2 Å². The Hall–Kier alpha value is -3.90. The first-order valence-electron chi connectivity index (χ1n) is 11.6. The molecule has 0 unspecified atom stereocenters. The fourth-order valence-corrected chi connectivity index (χ4v) is 5.91. The molecule has 1 aromatic carbocycles. The molecule has 1 fully saturated rings. The molecule has 3 aliphatic carbocycles. The van der Waals surface area contributed by atoms with Gasteiger partial charge in [-0.25, -0.2) is 0 Å². The van der Waals surface area contributed by atoms with Crippen molar-refractivity contribution in [3.8, 4) is 5.75 Å². The smallest absolute Gasteiger partial charge is 0.265 e. The van der Waals surface area contributed by atoms with E-state index in [9.17, 15) is 39.6 Å². The number of rotatable bonds is 3. The van der Waals surface area contributed by atoms with Crippen LogP contribution in [0.25, 0.3) is 5.76 Å². The van der Waals surface area contributed by atoms with Gasteiger partial charge in [0.25, 0.3) is 5.91 Å². The van der Waals surface area contributed by atoms with Crippen molar-refractivity contribution in [1.82, 2.24) is 10.2 Å². The normalized spacial score (nSPS) is 27.1. The number of carbonyl (C=O) groups is 4. The van der Waals surface area contributed by atoms with E-state index < -0.39 is 69.7 Å². The van der Waals surface area contributed by atoms with E-state index in [-0.39, 0.29) is 29.7 Å². The van der Waals surface area contributed by atoms with Gasteiger partial charge in [0.2, 0.25) is 11.7 Å². The molecular weight excluding hydrogens is 484 g/mol. The van der Waals surface area contributed by atoms with E-state index in [0.717, 1.165) is 6.92 Å². The summed E-state index contributed by atoms with van der Waals surface area (Å²) in [5, 5.41) is 46.7. The highest BCUT2D eigenvalue weighted by molar-refractivity contribution is 6.26. The highest BCUT2D eigenvalue weighted by Crippen LogP contribution is 2.54. The topological polar surface area (TPSA) is 194 Å². The van der Waals surface area contributed by atoms with E-state index in [2.05, 4.69) is 0 Å². The molecule has 4 atom stereocenters. The summed E-state index contributed by atoms with van der Waals surface area (Å²) in [5.74, 6) is -8.08. The van der Waals surface area contributed by atoms with Crippen molar-refractivity contribution in [1.29, 1.82) is 0 Å². The number of nitrogen functional groups attached to an aromatic ring is 1. The lowest BCUT2D eigenvalue weighted by Gasteiger charge is -2.50. The number of ketones is 2. The maximum Gasteiger partial charge on any atom is 0.265 e. The first-order valence-corrected chi connectivity index (χ1v) is 11.6. The molecule has 0 radical (unpaired) electrons. The molecule has 0 bridgehead atoms. The Morgan fingerprint density at radius 3 is 2.30 bits per heavy atom. The predicted octanol–water partition coefficient (Wildman–Crippen LogP) is -0.210. The number of anilines is 2. The number of carbonyl (C=O) groups excluding carboxylic acids is 4. The van der Waals surface area contributed by atoms with Crippen LogP contribution in [0.2, 0.25) is 0 Å². The number of fused-ring (bicyclic) bond motifs is 3. The maximum absolute atomic E-state index is 13.9. The Bertz CT molecular complexity index is 1330. The van der Waals surface area contributed by atoms with E-state index in [1.165, 1.54) is 19.0 Å². The molecule has 7 N–H and O–H groups in total. The Labute approximate surface area is 212 Å². The monoisotopic (exact) mass is 514 g/mol. The molecule has 0 spiro atoms. The minimum absolute atomic E-state index is 0.0145. The molecule has 4 rings (SSSR count). The number of nitrogens with one attached hydrogen (secondary N) is 1. The standard InChI is InChI=1S/C25H30N4O8/c1-9(30)27-24(36)17-21(33)18(29(4)5)12-7-10-6-11-14(28(2)3)8-13(26)19(31)16(11)20(32)15(10)22(34)25(12,37)23(17)35/h8,10,12,18,31-32,35,37H,6-7,26H2,1-5H3,(H,27,30,36)/t10-,12-,18-,25-/m0/s1. The van der Waals surface area contributed by atoms with Crippen LogP contribution in [-0.2, 0) is 25.6 Å². The molecule has 3 aliphatic rings. The molecule has 0 aliphatic heterocycles. The number of phenolic OH excluding ortho intramolecular Hbond substituents is 1. The Morgan fingerprint density at radius 2 is 1.76 bits per heavy atom. The summed E-state index contributed by atoms with van der Waals surface area (Å²) in [4.78, 5) is 54.6. The van der Waals surface area contributed by atoms with Gasteiger partial charge in [-0.15, -0.1) is 0 Å². The van der Waals surface area contributed by atoms with Crippen LogP contribution in [0.3, 0.4) is 0 Å². The zero-order valence-corrected chi connectivity index (χ0v) is 21.1. The number of hydrogen-bond donors (Lipinski definition) is 6. The number of amides is 2. The van der Waals surface area contributed by atoms with Crippen LogP contribution >= 0.6 is 0 Å². The van der Waals surface area contributed by atoms with Gasteiger partial charge in [0.1, 0.15) is 22.8 Å². The van der Waals surface area contributed by atoms with Crippen molar-refractivity contribution >= 4 is 40.5 Å². The number of hydrogen-bond acceptors (Lipinski definition) is 11. The van der Waals surface area contributed by atoms with Gasteiger partial charge in [-0.3, -0.25) is 29.4 Å². The number of nitrogens with two attached hydrogens (primary N) is 1. The third kappa shape index (κ3) is 3.58. The zero-order chi connectivity index (χ0) is 27.7. The van der Waals surface area contributed by atoms with Gasteiger partial charge >= 0.3 is 0 Å². The first kappa shape index (κ1) is 26.2. The van der Waals surface area contributed by atoms with Crippen molar-refractivity contribution in [2.75, 3.05) is 38.8 Å². The van der Waals surface area contributed by atoms with Crippen LogP contribution in [0, 0.1) is 11.8 Å². The molecule has 0 heterocycles. The fourth-order valence-electron chi connectivity index (χ4n) is 5.91. The second-order valence-corrected chi connectivity index (χ2v) is 10.2. The molecule has 0 saturated heterocycles. The average molecular weight is 515 g/mol. The molecular formula is C25H30N4O8. The number of aromatic hydroxyl groups is 1. The van der Waals surface area contributed by atoms with Gasteiger partial charge in [0.05, 0.1) is 17.3 Å². The van der Waals surface area contributed by atoms with Crippen LogP contribution in [-0.4, -0.2) is 88.5 Å². The molecule has 12 nitrogen and oxygen atoms in total. The number of benzene rings is 1. The van der Waals surface area contributed by atoms with Gasteiger partial charge in [0.15, 0.2) is 11.4 Å². The largest absolute Gasteiger partial charge is 0.508 e. The quantitative estimate of drug-likeness (QED) is 0.177. The number of aliphatic hydroxyl groups excluding tert-OH is 2. The summed E-state index contributed by atoms with van der Waals surface area (Å²) in [5.41, 5.74) is 3.11. The van der Waals surface area contributed by atoms with Gasteiger partial charge in [-0.2, -0.15) is 0 Å². The SMILES string of the molecule is CC(=O)NC(=O)C1=C(O)[C@@]2(O)C(=O)C3=C(O)c4c(O)c(N)cc(N(C)C)c4C[C@H]3C[C@H]2[C@H](N(C)C)C1=O. The molecule has 198 valence electrons. The number of aliphatic hydroxyl groups is 3. The summed E-state index contributed by atoms with van der Waals surface area (Å²) in [7, 11) is 6.57. The van der Waals surface area contributed by atoms with Crippen LogP contribution < -0.4 is 16.0 Å². The van der Waals surface area contributed by atoms with E-state index in [4.69, 9.17) is 5.73 Å². The molecule has 37 heavy (non-hydrogen) atoms. The maximum atomic E-state index is 13.9. The highest BCUT2D eigenvalue weighted by atomic mass is 16.3. The van der Waals surface area contributed by atoms with Crippen molar-refractivity contribution < 1.29 is 39.6 Å².